The van der Waals surface area contributed by atoms with Crippen molar-refractivity contribution in [1.29, 1.82) is 0 Å². The van der Waals surface area contributed by atoms with Gasteiger partial charge in [-0.15, -0.1) is 0 Å². The van der Waals surface area contributed by atoms with Crippen molar-refractivity contribution in [2.24, 2.45) is 0 Å². The quantitative estimate of drug-likeness (QED) is 0.363. The zero-order chi connectivity index (χ0) is 0. The molecule has 0 saturated carbocycles. The van der Waals surface area contributed by atoms with E-state index in [4.69, 9.17) is 0 Å². The Morgan fingerprint density at radius 2 is 1.00 bits per heavy atom. The van der Waals surface area contributed by atoms with Crippen LogP contribution in [0.4, 0.5) is 0 Å². The van der Waals surface area contributed by atoms with Crippen molar-refractivity contribution in [3.63, 3.8) is 0 Å². The second kappa shape index (κ2) is 23.8. The maximum absolute atomic E-state index is 0. The Hall–Kier alpha value is 1.56. The van der Waals surface area contributed by atoms with E-state index in [-0.39, 0.29) is 58.3 Å². The van der Waals surface area contributed by atoms with Gasteiger partial charge in [0.15, 0.2) is 0 Å². The summed E-state index contributed by atoms with van der Waals surface area (Å²) in [5, 5.41) is 0. The first-order chi connectivity index (χ1) is 0. The van der Waals surface area contributed by atoms with Crippen LogP contribution in [-0.4, -0.2) is 0 Å². The molecule has 0 heterocycles. The first-order valence-electron chi connectivity index (χ1n) is 0. The van der Waals surface area contributed by atoms with Gasteiger partial charge in [0, 0.05) is 0 Å². The van der Waals surface area contributed by atoms with Gasteiger partial charge in [-0.1, -0.05) is 0 Å². The average Bonchev–Trinajstić information content (AvgIpc) is 0. The van der Waals surface area contributed by atoms with E-state index in [1.54, 1.807) is 0 Å². The predicted octanol–water partition coefficient (Wildman–Crippen LogP) is -2.84. The van der Waals surface area contributed by atoms with E-state index < -0.39 is 0 Å². The van der Waals surface area contributed by atoms with E-state index in [9.17, 15) is 0 Å². The first kappa shape index (κ1) is 47.6. The molecule has 0 bridgehead atoms. The summed E-state index contributed by atoms with van der Waals surface area (Å²) in [7, 11) is 0. The summed E-state index contributed by atoms with van der Waals surface area (Å²) in [5.74, 6) is 0. The topological polar surface area (TPSA) is 35.0 Å². The van der Waals surface area contributed by atoms with E-state index >= 15 is 0 Å². The fraction of sp³-hybridized carbons (Fsp3) is 0. The van der Waals surface area contributed by atoms with Gasteiger partial charge in [0.1, 0.15) is 0 Å². The smallest absolute Gasteiger partial charge is 0.344 e. The zero-order valence-electron chi connectivity index (χ0n) is 2.36. The minimum atomic E-state index is 0. The maximum Gasteiger partial charge on any atom is 2.00 e. The Morgan fingerprint density at radius 1 is 1.00 bits per heavy atom. The van der Waals surface area contributed by atoms with Crippen molar-refractivity contribution < 1.29 is 52.1 Å². The summed E-state index contributed by atoms with van der Waals surface area (Å²) in [6, 6.07) is 0. The Kier molecular flexibility index (Phi) is 283. The van der Waals surface area contributed by atoms with Gasteiger partial charge >= 0.3 is 52.1 Å². The van der Waals surface area contributed by atoms with Crippen molar-refractivity contribution in [3.8, 4) is 0 Å². The molecule has 0 atom stereocenters. The van der Waals surface area contributed by atoms with Gasteiger partial charge in [0.2, 0.25) is 0 Å². The van der Waals surface area contributed by atoms with Gasteiger partial charge in [-0.2, -0.15) is 0 Å². The standard InChI is InChI=1S/Co.Li.H3N.Ni/h;;1H3;/q+2;+1;;+2. The molecule has 1 nitrogen and oxygen atoms in total. The normalized spacial score (nSPS) is 0. The zero-order valence-corrected chi connectivity index (χ0v) is 4.39. The van der Waals surface area contributed by atoms with Crippen molar-refractivity contribution in [1.82, 2.24) is 6.15 Å². The number of hydrogen-bond donors (Lipinski definition) is 1. The molecule has 3 N–H and O–H groups in total. The van der Waals surface area contributed by atoms with Crippen LogP contribution in [0.1, 0.15) is 0 Å². The Labute approximate surface area is 58.2 Å². The van der Waals surface area contributed by atoms with E-state index in [0.717, 1.165) is 0 Å². The molecular formula is H3CoLiNNi+5. The van der Waals surface area contributed by atoms with Crippen LogP contribution in [0.5, 0.6) is 0 Å². The molecule has 0 spiro atoms. The minimum absolute atomic E-state index is 0. The van der Waals surface area contributed by atoms with E-state index in [0.29, 0.717) is 0 Å². The molecular weight excluding hydrogens is 139 g/mol. The van der Waals surface area contributed by atoms with Crippen LogP contribution < -0.4 is 25.0 Å². The fourth-order valence-electron chi connectivity index (χ4n) is 0. The molecule has 0 fully saturated rings. The van der Waals surface area contributed by atoms with Crippen molar-refractivity contribution in [2.45, 2.75) is 0 Å². The minimum Gasteiger partial charge on any atom is -0.344 e. The SMILES string of the molecule is N.[Co+2].[Li+].[Ni+2]. The van der Waals surface area contributed by atoms with E-state index in [2.05, 4.69) is 0 Å². The molecule has 0 unspecified atom stereocenters. The molecule has 0 saturated heterocycles. The summed E-state index contributed by atoms with van der Waals surface area (Å²) >= 11 is 0. The number of hydrogen-bond acceptors (Lipinski definition) is 1. The maximum atomic E-state index is 0. The van der Waals surface area contributed by atoms with Crippen LogP contribution >= 0.6 is 0 Å². The van der Waals surface area contributed by atoms with Crippen molar-refractivity contribution >= 4 is 0 Å². The van der Waals surface area contributed by atoms with Crippen LogP contribution in [0.25, 0.3) is 0 Å². The second-order valence-electron chi connectivity index (χ2n) is 0. The molecule has 4 heteroatoms. The fourth-order valence-corrected chi connectivity index (χ4v) is 0. The molecule has 0 amide bonds. The number of rotatable bonds is 0. The molecule has 4 heavy (non-hydrogen) atoms. The molecule has 0 aliphatic rings. The average molecular weight is 142 g/mol. The Bertz CT molecular complexity index is 8.00. The first-order valence-corrected chi connectivity index (χ1v) is 0. The second-order valence-corrected chi connectivity index (χ2v) is 0. The molecule has 0 aliphatic carbocycles. The van der Waals surface area contributed by atoms with Crippen LogP contribution in [0, 0.1) is 0 Å². The van der Waals surface area contributed by atoms with Crippen LogP contribution in [0.15, 0.2) is 0 Å². The third-order valence-electron chi connectivity index (χ3n) is 0. The summed E-state index contributed by atoms with van der Waals surface area (Å²) in [4.78, 5) is 0. The monoisotopic (exact) mass is 141 g/mol. The molecule has 23 valence electrons. The summed E-state index contributed by atoms with van der Waals surface area (Å²) in [5.41, 5.74) is 0. The molecule has 0 aromatic rings. The summed E-state index contributed by atoms with van der Waals surface area (Å²) in [6.07, 6.45) is 0. The van der Waals surface area contributed by atoms with Gasteiger partial charge in [0.25, 0.3) is 0 Å². The van der Waals surface area contributed by atoms with Crippen LogP contribution in [-0.2, 0) is 33.3 Å². The third-order valence-corrected chi connectivity index (χ3v) is 0. The van der Waals surface area contributed by atoms with Crippen molar-refractivity contribution in [3.05, 3.63) is 0 Å². The van der Waals surface area contributed by atoms with Gasteiger partial charge < -0.3 is 6.15 Å². The van der Waals surface area contributed by atoms with Crippen LogP contribution in [0.2, 0.25) is 0 Å². The Balaban J connectivity index is 0. The van der Waals surface area contributed by atoms with Crippen LogP contribution in [0.3, 0.4) is 0 Å². The third kappa shape index (κ3) is 9.59. The molecule has 1 radical (unpaired) electrons. The largest absolute Gasteiger partial charge is 2.00 e. The van der Waals surface area contributed by atoms with Crippen molar-refractivity contribution in [2.75, 3.05) is 0 Å². The Morgan fingerprint density at radius 3 is 1.00 bits per heavy atom. The predicted molar refractivity (Wildman–Crippen MR) is 5.02 cm³/mol. The molecule has 0 aliphatic heterocycles. The summed E-state index contributed by atoms with van der Waals surface area (Å²) < 4.78 is 0. The van der Waals surface area contributed by atoms with Gasteiger partial charge in [0.05, 0.1) is 0 Å². The van der Waals surface area contributed by atoms with Gasteiger partial charge in [-0.05, 0) is 0 Å². The molecule has 0 aromatic carbocycles. The molecule has 0 rings (SSSR count). The van der Waals surface area contributed by atoms with Gasteiger partial charge in [-0.25, -0.2) is 0 Å². The van der Waals surface area contributed by atoms with Gasteiger partial charge in [-0.3, -0.25) is 0 Å². The van der Waals surface area contributed by atoms with E-state index in [1.807, 2.05) is 0 Å². The molecule has 0 aromatic heterocycles. The van der Waals surface area contributed by atoms with E-state index in [1.165, 1.54) is 0 Å². The summed E-state index contributed by atoms with van der Waals surface area (Å²) in [6.45, 7) is 0.